The van der Waals surface area contributed by atoms with Crippen molar-refractivity contribution in [2.45, 2.75) is 59.3 Å². The first-order valence-corrected chi connectivity index (χ1v) is 9.56. The van der Waals surface area contributed by atoms with E-state index >= 15 is 0 Å². The Morgan fingerprint density at radius 3 is 2.52 bits per heavy atom. The molecule has 140 valence electrons. The average molecular weight is 347 g/mol. The Labute approximate surface area is 152 Å². The summed E-state index contributed by atoms with van der Waals surface area (Å²) >= 11 is 0. The second kappa shape index (κ2) is 13.3. The predicted molar refractivity (Wildman–Crippen MR) is 104 cm³/mol. The second-order valence-electron chi connectivity index (χ2n) is 6.03. The molecule has 1 rings (SSSR count). The molecule has 1 aromatic carbocycles. The zero-order valence-electron chi connectivity index (χ0n) is 16.0. The summed E-state index contributed by atoms with van der Waals surface area (Å²) in [6.45, 7) is 8.26. The smallest absolute Gasteiger partial charge is 0.243 e. The third kappa shape index (κ3) is 9.18. The molecular weight excluding hydrogens is 314 g/mol. The van der Waals surface area contributed by atoms with Crippen molar-refractivity contribution in [3.63, 3.8) is 0 Å². The Bertz CT molecular complexity index is 526. The Hall–Kier alpha value is -1.97. The molecule has 1 amide bonds. The van der Waals surface area contributed by atoms with Crippen LogP contribution in [0.5, 0.6) is 11.5 Å². The SMILES string of the molecule is CCCCCCNC(=O)/C=C/c1ccc(OCCCC)c(OCC)c1. The molecule has 0 radical (unpaired) electrons. The van der Waals surface area contributed by atoms with Gasteiger partial charge in [0.2, 0.25) is 5.91 Å². The van der Waals surface area contributed by atoms with Crippen LogP contribution in [0.15, 0.2) is 24.3 Å². The molecule has 0 saturated carbocycles. The number of amides is 1. The fraction of sp³-hybridized carbons (Fsp3) is 0.571. The number of unbranched alkanes of at least 4 members (excludes halogenated alkanes) is 4. The minimum Gasteiger partial charge on any atom is -0.490 e. The normalized spacial score (nSPS) is 10.8. The van der Waals surface area contributed by atoms with Gasteiger partial charge in [0.05, 0.1) is 13.2 Å². The number of hydrogen-bond donors (Lipinski definition) is 1. The van der Waals surface area contributed by atoms with Crippen molar-refractivity contribution in [3.8, 4) is 11.5 Å². The molecule has 0 bridgehead atoms. The highest BCUT2D eigenvalue weighted by molar-refractivity contribution is 5.91. The zero-order chi connectivity index (χ0) is 18.3. The van der Waals surface area contributed by atoms with Crippen LogP contribution in [0, 0.1) is 0 Å². The van der Waals surface area contributed by atoms with Crippen LogP contribution in [-0.4, -0.2) is 25.7 Å². The van der Waals surface area contributed by atoms with Crippen LogP contribution in [0.1, 0.15) is 64.9 Å². The van der Waals surface area contributed by atoms with Crippen LogP contribution in [0.25, 0.3) is 6.08 Å². The summed E-state index contributed by atoms with van der Waals surface area (Å²) in [6.07, 6.45) is 10.1. The van der Waals surface area contributed by atoms with Gasteiger partial charge in [-0.15, -0.1) is 0 Å². The fourth-order valence-corrected chi connectivity index (χ4v) is 2.34. The zero-order valence-corrected chi connectivity index (χ0v) is 16.0. The van der Waals surface area contributed by atoms with E-state index in [0.29, 0.717) is 13.2 Å². The van der Waals surface area contributed by atoms with E-state index in [1.165, 1.54) is 12.8 Å². The van der Waals surface area contributed by atoms with Gasteiger partial charge in [-0.25, -0.2) is 0 Å². The van der Waals surface area contributed by atoms with Gasteiger partial charge < -0.3 is 14.8 Å². The van der Waals surface area contributed by atoms with Crippen LogP contribution < -0.4 is 14.8 Å². The quantitative estimate of drug-likeness (QED) is 0.405. The highest BCUT2D eigenvalue weighted by Crippen LogP contribution is 2.29. The first-order valence-electron chi connectivity index (χ1n) is 9.56. The number of benzene rings is 1. The van der Waals surface area contributed by atoms with Gasteiger partial charge in [0, 0.05) is 12.6 Å². The summed E-state index contributed by atoms with van der Waals surface area (Å²) < 4.78 is 11.4. The fourth-order valence-electron chi connectivity index (χ4n) is 2.34. The highest BCUT2D eigenvalue weighted by Gasteiger charge is 2.05. The van der Waals surface area contributed by atoms with Gasteiger partial charge in [-0.05, 0) is 43.5 Å². The van der Waals surface area contributed by atoms with Crippen LogP contribution in [0.4, 0.5) is 0 Å². The standard InChI is InChI=1S/C21H33NO3/c1-4-7-9-10-15-22-21(23)14-12-18-11-13-19(25-16-8-5-2)20(17-18)24-6-3/h11-14,17H,4-10,15-16H2,1-3H3,(H,22,23)/b14-12+. The monoisotopic (exact) mass is 347 g/mol. The molecule has 0 aliphatic rings. The van der Waals surface area contributed by atoms with E-state index in [2.05, 4.69) is 19.2 Å². The lowest BCUT2D eigenvalue weighted by Crippen LogP contribution is -2.21. The van der Waals surface area contributed by atoms with Gasteiger partial charge in [0.15, 0.2) is 11.5 Å². The summed E-state index contributed by atoms with van der Waals surface area (Å²) in [5, 5.41) is 2.92. The van der Waals surface area contributed by atoms with Gasteiger partial charge in [-0.3, -0.25) is 4.79 Å². The summed E-state index contributed by atoms with van der Waals surface area (Å²) in [7, 11) is 0. The van der Waals surface area contributed by atoms with Crippen LogP contribution >= 0.6 is 0 Å². The number of carbonyl (C=O) groups excluding carboxylic acids is 1. The molecule has 0 spiro atoms. The van der Waals surface area contributed by atoms with Crippen molar-refractivity contribution in [3.05, 3.63) is 29.8 Å². The average Bonchev–Trinajstić information content (AvgIpc) is 2.61. The molecular formula is C21H33NO3. The molecule has 0 aromatic heterocycles. The van der Waals surface area contributed by atoms with Gasteiger partial charge in [0.25, 0.3) is 0 Å². The first-order chi connectivity index (χ1) is 12.2. The number of rotatable bonds is 13. The van der Waals surface area contributed by atoms with E-state index in [-0.39, 0.29) is 5.91 Å². The summed E-state index contributed by atoms with van der Waals surface area (Å²) in [6, 6.07) is 5.76. The second-order valence-corrected chi connectivity index (χ2v) is 6.03. The lowest BCUT2D eigenvalue weighted by Gasteiger charge is -2.12. The summed E-state index contributed by atoms with van der Waals surface area (Å²) in [5.74, 6) is 1.42. The highest BCUT2D eigenvalue weighted by atomic mass is 16.5. The largest absolute Gasteiger partial charge is 0.490 e. The maximum Gasteiger partial charge on any atom is 0.243 e. The van der Waals surface area contributed by atoms with E-state index < -0.39 is 0 Å². The molecule has 1 N–H and O–H groups in total. The van der Waals surface area contributed by atoms with Crippen molar-refractivity contribution >= 4 is 12.0 Å². The number of carbonyl (C=O) groups is 1. The van der Waals surface area contributed by atoms with Crippen LogP contribution in [-0.2, 0) is 4.79 Å². The molecule has 1 aromatic rings. The van der Waals surface area contributed by atoms with E-state index in [1.807, 2.05) is 25.1 Å². The third-order valence-corrected chi connectivity index (χ3v) is 3.78. The van der Waals surface area contributed by atoms with Gasteiger partial charge in [-0.1, -0.05) is 45.6 Å². The van der Waals surface area contributed by atoms with Crippen molar-refractivity contribution in [2.75, 3.05) is 19.8 Å². The molecule has 0 heterocycles. The van der Waals surface area contributed by atoms with Crippen LogP contribution in [0.3, 0.4) is 0 Å². The van der Waals surface area contributed by atoms with E-state index in [0.717, 1.165) is 49.3 Å². The van der Waals surface area contributed by atoms with Crippen molar-refractivity contribution in [1.82, 2.24) is 5.32 Å². The minimum atomic E-state index is -0.0577. The summed E-state index contributed by atoms with van der Waals surface area (Å²) in [4.78, 5) is 11.8. The Kier molecular flexibility index (Phi) is 11.2. The van der Waals surface area contributed by atoms with Crippen molar-refractivity contribution in [1.29, 1.82) is 0 Å². The molecule has 0 atom stereocenters. The first kappa shape index (κ1) is 21.1. The molecule has 0 unspecified atom stereocenters. The molecule has 0 aliphatic carbocycles. The summed E-state index contributed by atoms with van der Waals surface area (Å²) in [5.41, 5.74) is 0.924. The van der Waals surface area contributed by atoms with Crippen molar-refractivity contribution in [2.24, 2.45) is 0 Å². The van der Waals surface area contributed by atoms with E-state index in [1.54, 1.807) is 12.2 Å². The van der Waals surface area contributed by atoms with Gasteiger partial charge in [0.1, 0.15) is 0 Å². The molecule has 4 heteroatoms. The maximum absolute atomic E-state index is 11.8. The molecule has 0 fully saturated rings. The van der Waals surface area contributed by atoms with Crippen LogP contribution in [0.2, 0.25) is 0 Å². The maximum atomic E-state index is 11.8. The number of ether oxygens (including phenoxy) is 2. The van der Waals surface area contributed by atoms with E-state index in [9.17, 15) is 4.79 Å². The molecule has 25 heavy (non-hydrogen) atoms. The van der Waals surface area contributed by atoms with Gasteiger partial charge in [-0.2, -0.15) is 0 Å². The van der Waals surface area contributed by atoms with Gasteiger partial charge >= 0.3 is 0 Å². The lowest BCUT2D eigenvalue weighted by molar-refractivity contribution is -0.116. The Balaban J connectivity index is 2.56. The molecule has 0 aliphatic heterocycles. The number of hydrogen-bond acceptors (Lipinski definition) is 3. The topological polar surface area (TPSA) is 47.6 Å². The number of nitrogens with one attached hydrogen (secondary N) is 1. The Morgan fingerprint density at radius 1 is 1.00 bits per heavy atom. The minimum absolute atomic E-state index is 0.0577. The molecule has 4 nitrogen and oxygen atoms in total. The third-order valence-electron chi connectivity index (χ3n) is 3.78. The molecule has 0 saturated heterocycles. The predicted octanol–water partition coefficient (Wildman–Crippen LogP) is 4.97. The lowest BCUT2D eigenvalue weighted by atomic mass is 10.2. The Morgan fingerprint density at radius 2 is 1.80 bits per heavy atom. The van der Waals surface area contributed by atoms with Crippen molar-refractivity contribution < 1.29 is 14.3 Å². The van der Waals surface area contributed by atoms with E-state index in [4.69, 9.17) is 9.47 Å².